The Morgan fingerprint density at radius 3 is 2.67 bits per heavy atom. The Labute approximate surface area is 201 Å². The molecule has 0 spiro atoms. The molecule has 8 nitrogen and oxygen atoms in total. The summed E-state index contributed by atoms with van der Waals surface area (Å²) >= 11 is 0. The van der Waals surface area contributed by atoms with E-state index in [2.05, 4.69) is 10.4 Å². The van der Waals surface area contributed by atoms with Crippen LogP contribution in [0.2, 0.25) is 0 Å². The van der Waals surface area contributed by atoms with Crippen LogP contribution in [0.5, 0.6) is 5.75 Å². The molecule has 1 aliphatic heterocycles. The monoisotopic (exact) mass is 512 g/mol. The molecule has 0 saturated heterocycles. The summed E-state index contributed by atoms with van der Waals surface area (Å²) in [4.78, 5) is 25.8. The van der Waals surface area contributed by atoms with Crippen molar-refractivity contribution in [1.29, 1.82) is 0 Å². The predicted octanol–water partition coefficient (Wildman–Crippen LogP) is 4.12. The van der Waals surface area contributed by atoms with Crippen LogP contribution in [-0.4, -0.2) is 39.1 Å². The maximum Gasteiger partial charge on any atom is 0.425 e. The zero-order valence-corrected chi connectivity index (χ0v) is 19.2. The molecule has 0 aliphatic carbocycles. The Kier molecular flexibility index (Phi) is 6.85. The van der Waals surface area contributed by atoms with Crippen molar-refractivity contribution in [2.45, 2.75) is 45.7 Å². The van der Waals surface area contributed by atoms with Crippen molar-refractivity contribution in [3.8, 4) is 11.4 Å². The van der Waals surface area contributed by atoms with Gasteiger partial charge in [0.2, 0.25) is 0 Å². The van der Waals surface area contributed by atoms with E-state index >= 15 is 4.39 Å². The number of carbonyl (C=O) groups is 1. The van der Waals surface area contributed by atoms with Gasteiger partial charge in [-0.1, -0.05) is 12.1 Å². The molecule has 2 heterocycles. The summed E-state index contributed by atoms with van der Waals surface area (Å²) in [7, 11) is 0. The van der Waals surface area contributed by atoms with E-state index < -0.39 is 52.5 Å². The molecule has 1 amide bonds. The number of benzene rings is 2. The van der Waals surface area contributed by atoms with Crippen molar-refractivity contribution in [2.75, 3.05) is 11.9 Å². The zero-order chi connectivity index (χ0) is 26.2. The van der Waals surface area contributed by atoms with E-state index in [0.717, 1.165) is 12.1 Å². The quantitative estimate of drug-likeness (QED) is 0.520. The van der Waals surface area contributed by atoms with Crippen LogP contribution in [0.15, 0.2) is 35.1 Å². The standard InChI is InChI=1S/C23H21F5N4O4/c1-12-5-3-6-15(24)20(12)29-21(33)14-9-16(25)17(10-18(14)36-13(2)23(26,27)28)32-22(34)31-7-4-8-35-11-19(31)30-32/h3,5-6,9-10,13H,4,7-8,11H2,1-2H3,(H,29,33)/t13-/m0/s1. The van der Waals surface area contributed by atoms with Gasteiger partial charge < -0.3 is 14.8 Å². The van der Waals surface area contributed by atoms with Gasteiger partial charge in [-0.3, -0.25) is 9.36 Å². The van der Waals surface area contributed by atoms with E-state index in [-0.39, 0.29) is 24.7 Å². The van der Waals surface area contributed by atoms with E-state index in [1.54, 1.807) is 0 Å². The number of alkyl halides is 3. The van der Waals surface area contributed by atoms with Gasteiger partial charge in [-0.15, -0.1) is 5.10 Å². The summed E-state index contributed by atoms with van der Waals surface area (Å²) < 4.78 is 81.4. The lowest BCUT2D eigenvalue weighted by atomic mass is 10.1. The summed E-state index contributed by atoms with van der Waals surface area (Å²) in [6.07, 6.45) is -6.70. The number of halogens is 5. The first-order valence-corrected chi connectivity index (χ1v) is 10.9. The molecule has 2 aromatic carbocycles. The lowest BCUT2D eigenvalue weighted by Crippen LogP contribution is -2.32. The SMILES string of the molecule is Cc1cccc(F)c1NC(=O)c1cc(F)c(-n2nc3n(c2=O)CCCOC3)cc1O[C@@H](C)C(F)(F)F. The van der Waals surface area contributed by atoms with Gasteiger partial charge in [-0.05, 0) is 38.0 Å². The molecule has 0 bridgehead atoms. The second kappa shape index (κ2) is 9.72. The fourth-order valence-electron chi connectivity index (χ4n) is 3.62. The third-order valence-corrected chi connectivity index (χ3v) is 5.59. The van der Waals surface area contributed by atoms with E-state index in [1.807, 2.05) is 0 Å². The van der Waals surface area contributed by atoms with Gasteiger partial charge in [0.05, 0.1) is 11.3 Å². The summed E-state index contributed by atoms with van der Waals surface area (Å²) in [6, 6.07) is 5.39. The largest absolute Gasteiger partial charge is 0.480 e. The van der Waals surface area contributed by atoms with Crippen molar-refractivity contribution in [3.63, 3.8) is 0 Å². The first-order chi connectivity index (χ1) is 17.0. The fourth-order valence-corrected chi connectivity index (χ4v) is 3.62. The lowest BCUT2D eigenvalue weighted by molar-refractivity contribution is -0.189. The van der Waals surface area contributed by atoms with Crippen molar-refractivity contribution >= 4 is 11.6 Å². The van der Waals surface area contributed by atoms with Crippen LogP contribution in [0, 0.1) is 18.6 Å². The van der Waals surface area contributed by atoms with E-state index in [4.69, 9.17) is 9.47 Å². The van der Waals surface area contributed by atoms with Gasteiger partial charge in [-0.25, -0.2) is 13.6 Å². The van der Waals surface area contributed by atoms with Crippen LogP contribution in [0.4, 0.5) is 27.6 Å². The molecular formula is C23H21F5N4O4. The molecular weight excluding hydrogens is 491 g/mol. The fraction of sp³-hybridized carbons (Fsp3) is 0.348. The molecule has 36 heavy (non-hydrogen) atoms. The third-order valence-electron chi connectivity index (χ3n) is 5.59. The first-order valence-electron chi connectivity index (χ1n) is 10.9. The van der Waals surface area contributed by atoms with Crippen LogP contribution in [-0.2, 0) is 17.9 Å². The Hall–Kier alpha value is -3.74. The molecule has 1 atom stereocenters. The van der Waals surface area contributed by atoms with Crippen molar-refractivity contribution in [1.82, 2.24) is 14.3 Å². The van der Waals surface area contributed by atoms with E-state index in [1.165, 1.54) is 23.6 Å². The topological polar surface area (TPSA) is 87.4 Å². The number of amides is 1. The number of aryl methyl sites for hydroxylation is 1. The highest BCUT2D eigenvalue weighted by molar-refractivity contribution is 6.06. The van der Waals surface area contributed by atoms with Gasteiger partial charge in [0.1, 0.15) is 29.7 Å². The van der Waals surface area contributed by atoms with Crippen molar-refractivity contribution in [3.05, 3.63) is 69.4 Å². The highest BCUT2D eigenvalue weighted by Gasteiger charge is 2.39. The molecule has 4 rings (SSSR count). The van der Waals surface area contributed by atoms with Crippen LogP contribution >= 0.6 is 0 Å². The average Bonchev–Trinajstić information content (AvgIpc) is 2.96. The number of aromatic nitrogens is 3. The third kappa shape index (κ3) is 4.96. The van der Waals surface area contributed by atoms with Crippen LogP contribution < -0.4 is 15.7 Å². The lowest BCUT2D eigenvalue weighted by Gasteiger charge is -2.20. The molecule has 1 aromatic heterocycles. The van der Waals surface area contributed by atoms with Crippen molar-refractivity contribution < 1.29 is 36.2 Å². The number of fused-ring (bicyclic) bond motifs is 1. The summed E-state index contributed by atoms with van der Waals surface area (Å²) in [5, 5.41) is 6.30. The van der Waals surface area contributed by atoms with Crippen molar-refractivity contribution in [2.24, 2.45) is 0 Å². The Morgan fingerprint density at radius 2 is 1.97 bits per heavy atom. The molecule has 0 unspecified atom stereocenters. The summed E-state index contributed by atoms with van der Waals surface area (Å²) in [5.41, 5.74) is -1.78. The van der Waals surface area contributed by atoms with Crippen LogP contribution in [0.25, 0.3) is 5.69 Å². The highest BCUT2D eigenvalue weighted by Crippen LogP contribution is 2.31. The van der Waals surface area contributed by atoms with E-state index in [9.17, 15) is 27.2 Å². The average molecular weight is 512 g/mol. The molecule has 0 fully saturated rings. The van der Waals surface area contributed by atoms with Gasteiger partial charge in [0.25, 0.3) is 5.91 Å². The zero-order valence-electron chi connectivity index (χ0n) is 19.2. The number of carbonyl (C=O) groups excluding carboxylic acids is 1. The Bertz CT molecular complexity index is 1350. The number of nitrogens with one attached hydrogen (secondary N) is 1. The maximum absolute atomic E-state index is 15.2. The summed E-state index contributed by atoms with van der Waals surface area (Å²) in [5.74, 6) is -3.50. The van der Waals surface area contributed by atoms with Crippen LogP contribution in [0.1, 0.15) is 35.1 Å². The van der Waals surface area contributed by atoms with Gasteiger partial charge in [-0.2, -0.15) is 17.9 Å². The summed E-state index contributed by atoms with van der Waals surface area (Å²) in [6.45, 7) is 2.85. The Morgan fingerprint density at radius 1 is 1.22 bits per heavy atom. The smallest absolute Gasteiger partial charge is 0.425 e. The number of ether oxygens (including phenoxy) is 2. The molecule has 1 aliphatic rings. The minimum Gasteiger partial charge on any atom is -0.480 e. The number of rotatable bonds is 5. The molecule has 192 valence electrons. The molecule has 1 N–H and O–H groups in total. The number of hydrogen-bond donors (Lipinski definition) is 1. The predicted molar refractivity (Wildman–Crippen MR) is 117 cm³/mol. The van der Waals surface area contributed by atoms with Crippen LogP contribution in [0.3, 0.4) is 0 Å². The van der Waals surface area contributed by atoms with E-state index in [0.29, 0.717) is 36.3 Å². The number of nitrogens with zero attached hydrogens (tertiary/aromatic N) is 3. The minimum atomic E-state index is -4.82. The maximum atomic E-state index is 15.2. The number of anilines is 1. The minimum absolute atomic E-state index is 0.0131. The Balaban J connectivity index is 1.80. The highest BCUT2D eigenvalue weighted by atomic mass is 19.4. The van der Waals surface area contributed by atoms with Gasteiger partial charge in [0.15, 0.2) is 11.9 Å². The molecule has 0 radical (unpaired) electrons. The van der Waals surface area contributed by atoms with Gasteiger partial charge in [0, 0.05) is 19.2 Å². The molecule has 0 saturated carbocycles. The number of hydrogen-bond acceptors (Lipinski definition) is 5. The normalized spacial score (nSPS) is 14.6. The number of para-hydroxylation sites is 1. The first kappa shape index (κ1) is 25.4. The molecule has 3 aromatic rings. The second-order valence-electron chi connectivity index (χ2n) is 8.16. The van der Waals surface area contributed by atoms with Gasteiger partial charge >= 0.3 is 11.9 Å². The second-order valence-corrected chi connectivity index (χ2v) is 8.16. The molecule has 13 heteroatoms.